The molecule has 1 fully saturated rings. The van der Waals surface area contributed by atoms with Crippen LogP contribution in [-0.4, -0.2) is 25.0 Å². The van der Waals surface area contributed by atoms with E-state index in [1.807, 2.05) is 18.2 Å². The van der Waals surface area contributed by atoms with Gasteiger partial charge in [0.05, 0.1) is 6.04 Å². The summed E-state index contributed by atoms with van der Waals surface area (Å²) in [5, 5.41) is 7.14. The van der Waals surface area contributed by atoms with E-state index in [-0.39, 0.29) is 17.4 Å². The average molecular weight is 309 g/mol. The van der Waals surface area contributed by atoms with Gasteiger partial charge in [-0.1, -0.05) is 44.0 Å². The second-order valence-corrected chi connectivity index (χ2v) is 7.13. The molecule has 1 unspecified atom stereocenters. The van der Waals surface area contributed by atoms with E-state index in [4.69, 9.17) is 11.6 Å². The minimum atomic E-state index is -0.0132. The maximum atomic E-state index is 12.2. The molecule has 1 amide bonds. The molecule has 0 radical (unpaired) electrons. The lowest BCUT2D eigenvalue weighted by Gasteiger charge is -2.28. The highest BCUT2D eigenvalue weighted by Crippen LogP contribution is 2.23. The number of carbonyl (C=O) groups is 1. The van der Waals surface area contributed by atoms with Crippen LogP contribution in [0.3, 0.4) is 0 Å². The lowest BCUT2D eigenvalue weighted by molar-refractivity contribution is -0.124. The second-order valence-electron chi connectivity index (χ2n) is 6.69. The van der Waals surface area contributed by atoms with Crippen LogP contribution in [0.5, 0.6) is 0 Å². The summed E-state index contributed by atoms with van der Waals surface area (Å²) in [5.74, 6) is 0.133. The topological polar surface area (TPSA) is 41.1 Å². The average Bonchev–Trinajstić information content (AvgIpc) is 2.45. The van der Waals surface area contributed by atoms with E-state index in [0.29, 0.717) is 6.54 Å². The number of amides is 1. The first-order chi connectivity index (χ1) is 9.96. The predicted octanol–water partition coefficient (Wildman–Crippen LogP) is 3.17. The molecule has 0 bridgehead atoms. The van der Waals surface area contributed by atoms with Gasteiger partial charge < -0.3 is 10.6 Å². The Balaban J connectivity index is 1.84. The zero-order valence-corrected chi connectivity index (χ0v) is 13.7. The molecule has 2 N–H and O–H groups in total. The van der Waals surface area contributed by atoms with Gasteiger partial charge in [0, 0.05) is 11.6 Å². The monoisotopic (exact) mass is 308 g/mol. The van der Waals surface area contributed by atoms with E-state index in [1.54, 1.807) is 0 Å². The SMILES string of the molecule is CC(C)(CNC(=O)C1CCCCN1)Cc1cccc(Cl)c1. The molecule has 4 heteroatoms. The standard InChI is InChI=1S/C17H25ClN2O/c1-17(2,11-13-6-5-7-14(18)10-13)12-20-16(21)15-8-3-4-9-19-15/h5-7,10,15,19H,3-4,8-9,11-12H2,1-2H3,(H,20,21). The highest BCUT2D eigenvalue weighted by Gasteiger charge is 2.24. The van der Waals surface area contributed by atoms with Crippen LogP contribution in [0.15, 0.2) is 24.3 Å². The van der Waals surface area contributed by atoms with Crippen LogP contribution >= 0.6 is 11.6 Å². The molecule has 2 rings (SSSR count). The smallest absolute Gasteiger partial charge is 0.237 e. The molecule has 21 heavy (non-hydrogen) atoms. The molecule has 1 aliphatic heterocycles. The van der Waals surface area contributed by atoms with Crippen molar-refractivity contribution in [1.82, 2.24) is 10.6 Å². The molecule has 0 spiro atoms. The first kappa shape index (κ1) is 16.3. The third kappa shape index (κ3) is 5.33. The number of carbonyl (C=O) groups excluding carboxylic acids is 1. The maximum absolute atomic E-state index is 12.2. The minimum absolute atomic E-state index is 0.00894. The van der Waals surface area contributed by atoms with E-state index < -0.39 is 0 Å². The number of nitrogens with one attached hydrogen (secondary N) is 2. The van der Waals surface area contributed by atoms with E-state index in [9.17, 15) is 4.79 Å². The van der Waals surface area contributed by atoms with Gasteiger partial charge in [-0.05, 0) is 48.9 Å². The lowest BCUT2D eigenvalue weighted by Crippen LogP contribution is -2.48. The van der Waals surface area contributed by atoms with Crippen molar-refractivity contribution in [3.8, 4) is 0 Å². The molecule has 1 aliphatic rings. The molecule has 1 saturated heterocycles. The lowest BCUT2D eigenvalue weighted by atomic mass is 9.85. The summed E-state index contributed by atoms with van der Waals surface area (Å²) >= 11 is 6.02. The predicted molar refractivity (Wildman–Crippen MR) is 87.6 cm³/mol. The van der Waals surface area contributed by atoms with Crippen molar-refractivity contribution in [2.75, 3.05) is 13.1 Å². The van der Waals surface area contributed by atoms with Crippen molar-refractivity contribution in [3.63, 3.8) is 0 Å². The molecule has 1 atom stereocenters. The Labute approximate surface area is 132 Å². The van der Waals surface area contributed by atoms with Gasteiger partial charge in [0.15, 0.2) is 0 Å². The molecule has 0 saturated carbocycles. The summed E-state index contributed by atoms with van der Waals surface area (Å²) in [4.78, 5) is 12.2. The normalized spacial score (nSPS) is 19.3. The summed E-state index contributed by atoms with van der Waals surface area (Å²) in [6.45, 7) is 5.96. The van der Waals surface area contributed by atoms with E-state index in [0.717, 1.165) is 30.8 Å². The molecule has 1 heterocycles. The Hall–Kier alpha value is -1.06. The van der Waals surface area contributed by atoms with Crippen LogP contribution in [0.25, 0.3) is 0 Å². The van der Waals surface area contributed by atoms with Gasteiger partial charge in [0.25, 0.3) is 0 Å². The number of halogens is 1. The summed E-state index contributed by atoms with van der Waals surface area (Å²) in [7, 11) is 0. The van der Waals surface area contributed by atoms with Crippen LogP contribution in [0.4, 0.5) is 0 Å². The number of benzene rings is 1. The van der Waals surface area contributed by atoms with Gasteiger partial charge in [-0.25, -0.2) is 0 Å². The van der Waals surface area contributed by atoms with Gasteiger partial charge in [0.1, 0.15) is 0 Å². The van der Waals surface area contributed by atoms with Crippen molar-refractivity contribution in [2.45, 2.75) is 45.6 Å². The third-order valence-corrected chi connectivity index (χ3v) is 4.17. The fraction of sp³-hybridized carbons (Fsp3) is 0.588. The zero-order chi connectivity index (χ0) is 15.3. The van der Waals surface area contributed by atoms with E-state index in [2.05, 4.69) is 30.5 Å². The van der Waals surface area contributed by atoms with Gasteiger partial charge in [0.2, 0.25) is 5.91 Å². The fourth-order valence-electron chi connectivity index (χ4n) is 2.79. The minimum Gasteiger partial charge on any atom is -0.354 e. The van der Waals surface area contributed by atoms with Crippen molar-refractivity contribution >= 4 is 17.5 Å². The first-order valence-electron chi connectivity index (χ1n) is 7.72. The van der Waals surface area contributed by atoms with Gasteiger partial charge in [-0.2, -0.15) is 0 Å². The van der Waals surface area contributed by atoms with Crippen LogP contribution in [0.1, 0.15) is 38.7 Å². The molecule has 1 aromatic rings. The van der Waals surface area contributed by atoms with Crippen molar-refractivity contribution in [3.05, 3.63) is 34.9 Å². The molecular formula is C17H25ClN2O. The van der Waals surface area contributed by atoms with Gasteiger partial charge in [-0.3, -0.25) is 4.79 Å². The Morgan fingerprint density at radius 1 is 1.43 bits per heavy atom. The fourth-order valence-corrected chi connectivity index (χ4v) is 3.00. The molecular weight excluding hydrogens is 284 g/mol. The van der Waals surface area contributed by atoms with Crippen LogP contribution in [0.2, 0.25) is 5.02 Å². The highest BCUT2D eigenvalue weighted by molar-refractivity contribution is 6.30. The quantitative estimate of drug-likeness (QED) is 0.877. The zero-order valence-electron chi connectivity index (χ0n) is 12.9. The maximum Gasteiger partial charge on any atom is 0.237 e. The number of rotatable bonds is 5. The Kier molecular flexibility index (Phi) is 5.65. The van der Waals surface area contributed by atoms with Crippen molar-refractivity contribution < 1.29 is 4.79 Å². The Morgan fingerprint density at radius 2 is 2.24 bits per heavy atom. The number of piperidine rings is 1. The Morgan fingerprint density at radius 3 is 2.90 bits per heavy atom. The molecule has 1 aromatic carbocycles. The van der Waals surface area contributed by atoms with Gasteiger partial charge in [-0.15, -0.1) is 0 Å². The van der Waals surface area contributed by atoms with Crippen LogP contribution < -0.4 is 10.6 Å². The summed E-state index contributed by atoms with van der Waals surface area (Å²) in [5.41, 5.74) is 1.21. The van der Waals surface area contributed by atoms with Crippen molar-refractivity contribution in [1.29, 1.82) is 0 Å². The first-order valence-corrected chi connectivity index (χ1v) is 8.10. The van der Waals surface area contributed by atoms with Gasteiger partial charge >= 0.3 is 0 Å². The third-order valence-electron chi connectivity index (χ3n) is 3.94. The van der Waals surface area contributed by atoms with Crippen LogP contribution in [-0.2, 0) is 11.2 Å². The molecule has 0 aromatic heterocycles. The van der Waals surface area contributed by atoms with E-state index in [1.165, 1.54) is 12.0 Å². The Bertz CT molecular complexity index is 481. The second kappa shape index (κ2) is 7.28. The highest BCUT2D eigenvalue weighted by atomic mass is 35.5. The summed E-state index contributed by atoms with van der Waals surface area (Å²) in [6.07, 6.45) is 4.15. The number of hydrogen-bond acceptors (Lipinski definition) is 2. The van der Waals surface area contributed by atoms with Crippen molar-refractivity contribution in [2.24, 2.45) is 5.41 Å². The largest absolute Gasteiger partial charge is 0.354 e. The molecule has 3 nitrogen and oxygen atoms in total. The molecule has 0 aliphatic carbocycles. The summed E-state index contributed by atoms with van der Waals surface area (Å²) < 4.78 is 0. The number of hydrogen-bond donors (Lipinski definition) is 2. The van der Waals surface area contributed by atoms with Crippen LogP contribution in [0, 0.1) is 5.41 Å². The summed E-state index contributed by atoms with van der Waals surface area (Å²) in [6, 6.07) is 7.92. The molecule has 116 valence electrons. The van der Waals surface area contributed by atoms with E-state index >= 15 is 0 Å².